The second-order valence-corrected chi connectivity index (χ2v) is 5.72. The van der Waals surface area contributed by atoms with E-state index in [4.69, 9.17) is 5.11 Å². The largest absolute Gasteiger partial charge is 0.481 e. The van der Waals surface area contributed by atoms with E-state index in [0.717, 1.165) is 30.4 Å². The predicted octanol–water partition coefficient (Wildman–Crippen LogP) is 2.53. The Balaban J connectivity index is 1.96. The van der Waals surface area contributed by atoms with E-state index in [1.54, 1.807) is 0 Å². The number of hydrogen-bond donors (Lipinski definition) is 2. The van der Waals surface area contributed by atoms with E-state index in [1.165, 1.54) is 0 Å². The van der Waals surface area contributed by atoms with Gasteiger partial charge in [-0.25, -0.2) is 0 Å². The average Bonchev–Trinajstić information content (AvgIpc) is 2.83. The van der Waals surface area contributed by atoms with Crippen LogP contribution in [0, 0.1) is 25.7 Å². The van der Waals surface area contributed by atoms with Crippen LogP contribution in [0.1, 0.15) is 40.7 Å². The number of nitrogens with one attached hydrogen (secondary N) is 1. The van der Waals surface area contributed by atoms with Crippen LogP contribution >= 0.6 is 0 Å². The van der Waals surface area contributed by atoms with Gasteiger partial charge in [-0.3, -0.25) is 9.59 Å². The lowest BCUT2D eigenvalue weighted by Gasteiger charge is -2.16. The molecule has 2 atom stereocenters. The number of carbonyl (C=O) groups excluding carboxylic acids is 1. The van der Waals surface area contributed by atoms with Crippen molar-refractivity contribution in [3.8, 4) is 0 Å². The Morgan fingerprint density at radius 1 is 1.20 bits per heavy atom. The van der Waals surface area contributed by atoms with Crippen molar-refractivity contribution in [3.63, 3.8) is 0 Å². The van der Waals surface area contributed by atoms with Gasteiger partial charge in [0.1, 0.15) is 0 Å². The number of rotatable bonds is 4. The minimum absolute atomic E-state index is 0.0577. The fourth-order valence-electron chi connectivity index (χ4n) is 3.04. The van der Waals surface area contributed by atoms with Gasteiger partial charge in [-0.1, -0.05) is 23.6 Å². The number of aryl methyl sites for hydroxylation is 2. The molecule has 1 aliphatic carbocycles. The highest BCUT2D eigenvalue weighted by Crippen LogP contribution is 2.31. The maximum atomic E-state index is 12.1. The molecule has 2 unspecified atom stereocenters. The maximum absolute atomic E-state index is 12.1. The van der Waals surface area contributed by atoms with Crippen LogP contribution in [0.3, 0.4) is 0 Å². The first-order valence-corrected chi connectivity index (χ1v) is 7.06. The van der Waals surface area contributed by atoms with Gasteiger partial charge in [0.05, 0.1) is 5.92 Å². The molecule has 4 nitrogen and oxygen atoms in total. The molecule has 0 bridgehead atoms. The number of aliphatic carboxylic acids is 1. The van der Waals surface area contributed by atoms with Crippen LogP contribution in [0.15, 0.2) is 18.2 Å². The average molecular weight is 275 g/mol. The van der Waals surface area contributed by atoms with E-state index in [1.807, 2.05) is 32.0 Å². The molecular formula is C16H21NO3. The fraction of sp³-hybridized carbons (Fsp3) is 0.500. The zero-order chi connectivity index (χ0) is 14.7. The molecule has 2 N–H and O–H groups in total. The number of carboxylic acid groups (broad SMARTS) is 1. The molecule has 0 aliphatic heterocycles. The summed E-state index contributed by atoms with van der Waals surface area (Å²) < 4.78 is 0. The lowest BCUT2D eigenvalue weighted by molar-refractivity contribution is -0.142. The van der Waals surface area contributed by atoms with Gasteiger partial charge in [-0.05, 0) is 44.7 Å². The van der Waals surface area contributed by atoms with E-state index in [9.17, 15) is 9.59 Å². The highest BCUT2D eigenvalue weighted by atomic mass is 16.4. The predicted molar refractivity (Wildman–Crippen MR) is 76.7 cm³/mol. The summed E-state index contributed by atoms with van der Waals surface area (Å²) in [6.07, 6.45) is 2.53. The van der Waals surface area contributed by atoms with Crippen molar-refractivity contribution in [2.45, 2.75) is 33.1 Å². The Morgan fingerprint density at radius 3 is 2.45 bits per heavy atom. The Hall–Kier alpha value is -1.84. The lowest BCUT2D eigenvalue weighted by Crippen LogP contribution is -2.33. The highest BCUT2D eigenvalue weighted by Gasteiger charge is 2.32. The second kappa shape index (κ2) is 6.07. The molecular weight excluding hydrogens is 254 g/mol. The maximum Gasteiger partial charge on any atom is 0.306 e. The van der Waals surface area contributed by atoms with E-state index < -0.39 is 5.97 Å². The van der Waals surface area contributed by atoms with Crippen molar-refractivity contribution in [2.75, 3.05) is 6.54 Å². The van der Waals surface area contributed by atoms with Crippen LogP contribution in [-0.4, -0.2) is 23.5 Å². The first-order chi connectivity index (χ1) is 9.47. The normalized spacial score (nSPS) is 21.7. The Morgan fingerprint density at radius 2 is 1.85 bits per heavy atom. The zero-order valence-electron chi connectivity index (χ0n) is 12.0. The fourth-order valence-corrected chi connectivity index (χ4v) is 3.04. The minimum Gasteiger partial charge on any atom is -0.481 e. The first-order valence-electron chi connectivity index (χ1n) is 7.06. The molecule has 4 heteroatoms. The van der Waals surface area contributed by atoms with E-state index >= 15 is 0 Å². The number of benzene rings is 1. The van der Waals surface area contributed by atoms with Crippen LogP contribution in [-0.2, 0) is 4.79 Å². The summed E-state index contributed by atoms with van der Waals surface area (Å²) in [6, 6.07) is 5.73. The van der Waals surface area contributed by atoms with Gasteiger partial charge >= 0.3 is 5.97 Å². The smallest absolute Gasteiger partial charge is 0.306 e. The summed E-state index contributed by atoms with van der Waals surface area (Å²) >= 11 is 0. The standard InChI is InChI=1S/C16H21NO3/c1-10-6-11(2)8-13(7-10)15(18)17-9-12-4-3-5-14(12)16(19)20/h6-8,12,14H,3-5,9H2,1-2H3,(H,17,18)(H,19,20). The lowest BCUT2D eigenvalue weighted by atomic mass is 9.96. The van der Waals surface area contributed by atoms with E-state index in [-0.39, 0.29) is 17.7 Å². The van der Waals surface area contributed by atoms with Crippen molar-refractivity contribution in [1.82, 2.24) is 5.32 Å². The number of carbonyl (C=O) groups is 2. The summed E-state index contributed by atoms with van der Waals surface area (Å²) in [7, 11) is 0. The van der Waals surface area contributed by atoms with Gasteiger partial charge in [0.2, 0.25) is 0 Å². The Kier molecular flexibility index (Phi) is 4.42. The molecule has 0 spiro atoms. The highest BCUT2D eigenvalue weighted by molar-refractivity contribution is 5.94. The molecule has 0 saturated heterocycles. The molecule has 1 fully saturated rings. The molecule has 1 amide bonds. The second-order valence-electron chi connectivity index (χ2n) is 5.72. The van der Waals surface area contributed by atoms with Gasteiger partial charge in [0, 0.05) is 12.1 Å². The molecule has 2 rings (SSSR count). The summed E-state index contributed by atoms with van der Waals surface area (Å²) in [5, 5.41) is 12.0. The molecule has 0 radical (unpaired) electrons. The Labute approximate surface area is 119 Å². The number of hydrogen-bond acceptors (Lipinski definition) is 2. The quantitative estimate of drug-likeness (QED) is 0.887. The first kappa shape index (κ1) is 14.6. The summed E-state index contributed by atoms with van der Waals surface area (Å²) in [4.78, 5) is 23.2. The van der Waals surface area contributed by atoms with Crippen molar-refractivity contribution in [1.29, 1.82) is 0 Å². The Bertz CT molecular complexity index is 504. The summed E-state index contributed by atoms with van der Waals surface area (Å²) in [5.74, 6) is -1.11. The third-order valence-electron chi connectivity index (χ3n) is 3.98. The van der Waals surface area contributed by atoms with Crippen LogP contribution in [0.2, 0.25) is 0 Å². The van der Waals surface area contributed by atoms with Crippen molar-refractivity contribution < 1.29 is 14.7 Å². The van der Waals surface area contributed by atoms with Crippen molar-refractivity contribution >= 4 is 11.9 Å². The molecule has 108 valence electrons. The number of amides is 1. The SMILES string of the molecule is Cc1cc(C)cc(C(=O)NCC2CCCC2C(=O)O)c1. The van der Waals surface area contributed by atoms with Gasteiger partial charge in [-0.2, -0.15) is 0 Å². The van der Waals surface area contributed by atoms with E-state index in [0.29, 0.717) is 12.1 Å². The van der Waals surface area contributed by atoms with Crippen LogP contribution in [0.4, 0.5) is 0 Å². The van der Waals surface area contributed by atoms with Crippen LogP contribution < -0.4 is 5.32 Å². The van der Waals surface area contributed by atoms with E-state index in [2.05, 4.69) is 5.32 Å². The molecule has 1 aliphatic rings. The molecule has 0 aromatic heterocycles. The number of carboxylic acids is 1. The summed E-state index contributed by atoms with van der Waals surface area (Å²) in [6.45, 7) is 4.37. The molecule has 1 saturated carbocycles. The van der Waals surface area contributed by atoms with Gasteiger partial charge in [-0.15, -0.1) is 0 Å². The minimum atomic E-state index is -0.742. The molecule has 0 heterocycles. The zero-order valence-corrected chi connectivity index (χ0v) is 12.0. The topological polar surface area (TPSA) is 66.4 Å². The molecule has 1 aromatic carbocycles. The van der Waals surface area contributed by atoms with Crippen LogP contribution in [0.25, 0.3) is 0 Å². The third-order valence-corrected chi connectivity index (χ3v) is 3.98. The monoisotopic (exact) mass is 275 g/mol. The van der Waals surface area contributed by atoms with Gasteiger partial charge < -0.3 is 10.4 Å². The molecule has 1 aromatic rings. The van der Waals surface area contributed by atoms with Gasteiger partial charge in [0.25, 0.3) is 5.91 Å². The van der Waals surface area contributed by atoms with Crippen molar-refractivity contribution in [3.05, 3.63) is 34.9 Å². The molecule has 20 heavy (non-hydrogen) atoms. The van der Waals surface area contributed by atoms with Gasteiger partial charge in [0.15, 0.2) is 0 Å². The summed E-state index contributed by atoms with van der Waals surface area (Å²) in [5.41, 5.74) is 2.76. The third kappa shape index (κ3) is 3.38. The van der Waals surface area contributed by atoms with Crippen molar-refractivity contribution in [2.24, 2.45) is 11.8 Å². The van der Waals surface area contributed by atoms with Crippen LogP contribution in [0.5, 0.6) is 0 Å².